The molecule has 1 aliphatic carbocycles. The van der Waals surface area contributed by atoms with Crippen LogP contribution in [0.4, 0.5) is 5.69 Å². The predicted molar refractivity (Wildman–Crippen MR) is 92.8 cm³/mol. The summed E-state index contributed by atoms with van der Waals surface area (Å²) in [5.74, 6) is 1.42. The van der Waals surface area contributed by atoms with Gasteiger partial charge in [-0.25, -0.2) is 0 Å². The SMILES string of the molecule is O=C(Nc1ccccc1Cc1nc(-c2cccs2)no1)C1CCC1. The second kappa shape index (κ2) is 6.57. The molecule has 1 fully saturated rings. The number of anilines is 1. The molecule has 0 unspecified atom stereocenters. The van der Waals surface area contributed by atoms with Crippen molar-refractivity contribution < 1.29 is 9.32 Å². The van der Waals surface area contributed by atoms with Crippen molar-refractivity contribution in [1.82, 2.24) is 10.1 Å². The number of hydrogen-bond acceptors (Lipinski definition) is 5. The summed E-state index contributed by atoms with van der Waals surface area (Å²) in [6.07, 6.45) is 3.62. The molecule has 2 heterocycles. The molecular weight excluding hydrogens is 322 g/mol. The van der Waals surface area contributed by atoms with Crippen molar-refractivity contribution in [1.29, 1.82) is 0 Å². The van der Waals surface area contributed by atoms with Gasteiger partial charge in [-0.2, -0.15) is 4.98 Å². The molecule has 0 radical (unpaired) electrons. The average molecular weight is 339 g/mol. The van der Waals surface area contributed by atoms with Crippen molar-refractivity contribution in [2.24, 2.45) is 5.92 Å². The number of carbonyl (C=O) groups is 1. The van der Waals surface area contributed by atoms with Gasteiger partial charge in [-0.3, -0.25) is 4.79 Å². The van der Waals surface area contributed by atoms with Crippen LogP contribution in [0.25, 0.3) is 10.7 Å². The van der Waals surface area contributed by atoms with Crippen LogP contribution < -0.4 is 5.32 Å². The van der Waals surface area contributed by atoms with Crippen LogP contribution in [0.1, 0.15) is 30.7 Å². The van der Waals surface area contributed by atoms with Crippen LogP contribution >= 0.6 is 11.3 Å². The maximum atomic E-state index is 12.2. The Bertz CT molecular complexity index is 838. The summed E-state index contributed by atoms with van der Waals surface area (Å²) in [6.45, 7) is 0. The fraction of sp³-hybridized carbons (Fsp3) is 0.278. The third-order valence-corrected chi connectivity index (χ3v) is 5.17. The summed E-state index contributed by atoms with van der Waals surface area (Å²) in [4.78, 5) is 17.6. The number of aromatic nitrogens is 2. The lowest BCUT2D eigenvalue weighted by Gasteiger charge is -2.24. The van der Waals surface area contributed by atoms with E-state index in [4.69, 9.17) is 4.52 Å². The van der Waals surface area contributed by atoms with Crippen LogP contribution in [-0.4, -0.2) is 16.0 Å². The molecule has 5 nitrogen and oxygen atoms in total. The van der Waals surface area contributed by atoms with Crippen molar-refractivity contribution >= 4 is 22.9 Å². The molecule has 1 aromatic carbocycles. The second-order valence-electron chi connectivity index (χ2n) is 5.94. The topological polar surface area (TPSA) is 68.0 Å². The maximum absolute atomic E-state index is 12.2. The molecule has 0 aliphatic heterocycles. The number of carbonyl (C=O) groups excluding carboxylic acids is 1. The van der Waals surface area contributed by atoms with E-state index in [2.05, 4.69) is 15.5 Å². The first-order chi connectivity index (χ1) is 11.8. The monoisotopic (exact) mass is 339 g/mol. The standard InChI is InChI=1S/C18H17N3O2S/c22-18(12-6-3-7-12)19-14-8-2-1-5-13(14)11-16-20-17(21-23-16)15-9-4-10-24-15/h1-2,4-5,8-10,12H,3,6-7,11H2,(H,19,22). The minimum Gasteiger partial charge on any atom is -0.339 e. The Labute approximate surface area is 143 Å². The maximum Gasteiger partial charge on any atom is 0.231 e. The summed E-state index contributed by atoms with van der Waals surface area (Å²) < 4.78 is 5.37. The zero-order valence-electron chi connectivity index (χ0n) is 13.1. The Morgan fingerprint density at radius 2 is 2.12 bits per heavy atom. The van der Waals surface area contributed by atoms with Gasteiger partial charge < -0.3 is 9.84 Å². The highest BCUT2D eigenvalue weighted by Gasteiger charge is 2.25. The van der Waals surface area contributed by atoms with Gasteiger partial charge in [-0.15, -0.1) is 11.3 Å². The lowest BCUT2D eigenvalue weighted by molar-refractivity contribution is -0.122. The highest BCUT2D eigenvalue weighted by Crippen LogP contribution is 2.29. The van der Waals surface area contributed by atoms with E-state index in [9.17, 15) is 4.79 Å². The molecule has 1 amide bonds. The molecule has 0 atom stereocenters. The first-order valence-electron chi connectivity index (χ1n) is 8.05. The number of amides is 1. The van der Waals surface area contributed by atoms with E-state index >= 15 is 0 Å². The van der Waals surface area contributed by atoms with E-state index in [0.29, 0.717) is 18.1 Å². The fourth-order valence-electron chi connectivity index (χ4n) is 2.70. The molecule has 6 heteroatoms. The molecule has 0 bridgehead atoms. The second-order valence-corrected chi connectivity index (χ2v) is 6.89. The lowest BCUT2D eigenvalue weighted by atomic mass is 9.84. The number of rotatable bonds is 5. The van der Waals surface area contributed by atoms with Gasteiger partial charge in [0.15, 0.2) is 0 Å². The normalized spacial score (nSPS) is 14.3. The molecule has 2 aromatic heterocycles. The molecular formula is C18H17N3O2S. The highest BCUT2D eigenvalue weighted by atomic mass is 32.1. The molecule has 24 heavy (non-hydrogen) atoms. The summed E-state index contributed by atoms with van der Waals surface area (Å²) in [5.41, 5.74) is 1.80. The van der Waals surface area contributed by atoms with E-state index in [-0.39, 0.29) is 11.8 Å². The molecule has 122 valence electrons. The van der Waals surface area contributed by atoms with E-state index in [1.54, 1.807) is 11.3 Å². The average Bonchev–Trinajstić information content (AvgIpc) is 3.18. The molecule has 0 saturated heterocycles. The smallest absolute Gasteiger partial charge is 0.231 e. The first kappa shape index (κ1) is 15.1. The summed E-state index contributed by atoms with van der Waals surface area (Å²) in [7, 11) is 0. The number of para-hydroxylation sites is 1. The zero-order valence-corrected chi connectivity index (χ0v) is 13.9. The molecule has 3 aromatic rings. The number of hydrogen-bond donors (Lipinski definition) is 1. The summed E-state index contributed by atoms with van der Waals surface area (Å²) in [5, 5.41) is 9.06. The van der Waals surface area contributed by atoms with E-state index in [1.807, 2.05) is 41.8 Å². The van der Waals surface area contributed by atoms with E-state index in [0.717, 1.165) is 35.4 Å². The van der Waals surface area contributed by atoms with Crippen LogP contribution in [0, 0.1) is 5.92 Å². The number of benzene rings is 1. The number of nitrogens with zero attached hydrogens (tertiary/aromatic N) is 2. The molecule has 1 aliphatic rings. The van der Waals surface area contributed by atoms with Gasteiger partial charge in [0, 0.05) is 11.6 Å². The van der Waals surface area contributed by atoms with Gasteiger partial charge in [0.2, 0.25) is 17.6 Å². The lowest BCUT2D eigenvalue weighted by Crippen LogP contribution is -2.28. The molecule has 4 rings (SSSR count). The molecule has 1 N–H and O–H groups in total. The van der Waals surface area contributed by atoms with Gasteiger partial charge in [0.25, 0.3) is 0 Å². The third-order valence-electron chi connectivity index (χ3n) is 4.30. The van der Waals surface area contributed by atoms with Crippen molar-refractivity contribution in [3.05, 3.63) is 53.2 Å². The van der Waals surface area contributed by atoms with Gasteiger partial charge in [-0.05, 0) is 35.9 Å². The Morgan fingerprint density at radius 1 is 1.25 bits per heavy atom. The van der Waals surface area contributed by atoms with Gasteiger partial charge in [0.1, 0.15) is 0 Å². The van der Waals surface area contributed by atoms with Crippen LogP contribution in [-0.2, 0) is 11.2 Å². The third kappa shape index (κ3) is 3.10. The van der Waals surface area contributed by atoms with Gasteiger partial charge in [0.05, 0.1) is 11.3 Å². The zero-order chi connectivity index (χ0) is 16.4. The van der Waals surface area contributed by atoms with Crippen molar-refractivity contribution in [3.8, 4) is 10.7 Å². The Kier molecular flexibility index (Phi) is 4.13. The quantitative estimate of drug-likeness (QED) is 0.759. The van der Waals surface area contributed by atoms with Crippen molar-refractivity contribution in [2.75, 3.05) is 5.32 Å². The minimum atomic E-state index is 0.110. The Balaban J connectivity index is 1.51. The number of nitrogens with one attached hydrogen (secondary N) is 1. The first-order valence-corrected chi connectivity index (χ1v) is 8.93. The van der Waals surface area contributed by atoms with Crippen LogP contribution in [0.15, 0.2) is 46.3 Å². The van der Waals surface area contributed by atoms with E-state index < -0.39 is 0 Å². The van der Waals surface area contributed by atoms with Crippen LogP contribution in [0.5, 0.6) is 0 Å². The highest BCUT2D eigenvalue weighted by molar-refractivity contribution is 7.13. The van der Waals surface area contributed by atoms with Gasteiger partial charge in [-0.1, -0.05) is 35.8 Å². The summed E-state index contributed by atoms with van der Waals surface area (Å²) >= 11 is 1.58. The van der Waals surface area contributed by atoms with Crippen LogP contribution in [0.2, 0.25) is 0 Å². The Morgan fingerprint density at radius 3 is 2.88 bits per heavy atom. The minimum absolute atomic E-state index is 0.110. The van der Waals surface area contributed by atoms with Crippen molar-refractivity contribution in [2.45, 2.75) is 25.7 Å². The molecule has 1 saturated carbocycles. The number of thiophene rings is 1. The largest absolute Gasteiger partial charge is 0.339 e. The van der Waals surface area contributed by atoms with Crippen LogP contribution in [0.3, 0.4) is 0 Å². The van der Waals surface area contributed by atoms with Crippen molar-refractivity contribution in [3.63, 3.8) is 0 Å². The predicted octanol–water partition coefficient (Wildman–Crippen LogP) is 4.13. The van der Waals surface area contributed by atoms with Gasteiger partial charge >= 0.3 is 0 Å². The fourth-order valence-corrected chi connectivity index (χ4v) is 3.35. The molecule has 0 spiro atoms. The Hall–Kier alpha value is -2.47. The van der Waals surface area contributed by atoms with E-state index in [1.165, 1.54) is 0 Å². The summed E-state index contributed by atoms with van der Waals surface area (Å²) in [6, 6.07) is 11.7.